The van der Waals surface area contributed by atoms with E-state index in [0.717, 1.165) is 37.8 Å². The number of hydrogen-bond donors (Lipinski definition) is 0. The number of likely N-dealkylation sites (N-methyl/N-ethyl adjacent to an activating group) is 1. The quantitative estimate of drug-likeness (QED) is 0.850. The molecule has 1 aromatic rings. The van der Waals surface area contributed by atoms with Crippen LogP contribution in [0.3, 0.4) is 0 Å². The Morgan fingerprint density at radius 1 is 1.17 bits per heavy atom. The Bertz CT molecular complexity index is 578. The van der Waals surface area contributed by atoms with E-state index >= 15 is 0 Å². The third kappa shape index (κ3) is 3.41. The second-order valence-corrected chi connectivity index (χ2v) is 7.16. The molecule has 0 radical (unpaired) electrons. The second kappa shape index (κ2) is 6.34. The molecule has 2 aliphatic heterocycles. The number of rotatable bonds is 3. The Morgan fingerprint density at radius 2 is 1.91 bits per heavy atom. The molecule has 0 aliphatic carbocycles. The number of amides is 1. The molecule has 23 heavy (non-hydrogen) atoms. The van der Waals surface area contributed by atoms with Gasteiger partial charge in [-0.2, -0.15) is 0 Å². The summed E-state index contributed by atoms with van der Waals surface area (Å²) in [5.74, 6) is 1.99. The minimum absolute atomic E-state index is 0.146. The van der Waals surface area contributed by atoms with Crippen molar-refractivity contribution < 1.29 is 4.79 Å². The van der Waals surface area contributed by atoms with Crippen molar-refractivity contribution in [2.24, 2.45) is 5.41 Å². The van der Waals surface area contributed by atoms with Crippen molar-refractivity contribution in [2.75, 3.05) is 49.6 Å². The zero-order valence-electron chi connectivity index (χ0n) is 14.5. The van der Waals surface area contributed by atoms with Crippen LogP contribution in [0.4, 0.5) is 11.6 Å². The van der Waals surface area contributed by atoms with Crippen LogP contribution in [0, 0.1) is 5.41 Å². The Hall–Kier alpha value is -1.85. The fraction of sp³-hybridized carbons (Fsp3) is 0.706. The molecule has 2 fully saturated rings. The second-order valence-electron chi connectivity index (χ2n) is 7.16. The molecule has 3 heterocycles. The standard InChI is InChI=1S/C17H27N5O/c1-4-17(2)6-5-7-22(12-17)15-10-14(18-13-19-15)21-9-8-20(3)16(23)11-21/h10,13H,4-9,11-12H2,1-3H3. The van der Waals surface area contributed by atoms with Crippen LogP contribution in [0.1, 0.15) is 33.1 Å². The van der Waals surface area contributed by atoms with Gasteiger partial charge in [0.1, 0.15) is 18.0 Å². The topological polar surface area (TPSA) is 52.6 Å². The van der Waals surface area contributed by atoms with Gasteiger partial charge in [0.25, 0.3) is 0 Å². The maximum absolute atomic E-state index is 11.9. The third-order valence-corrected chi connectivity index (χ3v) is 5.38. The Balaban J connectivity index is 1.76. The van der Waals surface area contributed by atoms with Gasteiger partial charge in [0.15, 0.2) is 0 Å². The molecule has 6 nitrogen and oxygen atoms in total. The number of hydrogen-bond acceptors (Lipinski definition) is 5. The van der Waals surface area contributed by atoms with Crippen molar-refractivity contribution in [1.82, 2.24) is 14.9 Å². The summed E-state index contributed by atoms with van der Waals surface area (Å²) in [5.41, 5.74) is 0.368. The molecule has 0 aromatic carbocycles. The van der Waals surface area contributed by atoms with E-state index in [9.17, 15) is 4.79 Å². The normalized spacial score (nSPS) is 25.9. The average molecular weight is 317 g/mol. The minimum atomic E-state index is 0.146. The number of piperazine rings is 1. The van der Waals surface area contributed by atoms with E-state index in [1.165, 1.54) is 19.3 Å². The monoisotopic (exact) mass is 317 g/mol. The van der Waals surface area contributed by atoms with Crippen LogP contribution in [0.2, 0.25) is 0 Å². The highest BCUT2D eigenvalue weighted by Gasteiger charge is 2.30. The first-order valence-electron chi connectivity index (χ1n) is 8.57. The first kappa shape index (κ1) is 16.0. The molecule has 0 spiro atoms. The number of piperidine rings is 1. The number of nitrogens with zero attached hydrogens (tertiary/aromatic N) is 5. The molecule has 2 aliphatic rings. The molecule has 126 valence electrons. The van der Waals surface area contributed by atoms with Gasteiger partial charge < -0.3 is 14.7 Å². The van der Waals surface area contributed by atoms with Crippen LogP contribution in [-0.4, -0.2) is 60.5 Å². The largest absolute Gasteiger partial charge is 0.356 e. The fourth-order valence-electron chi connectivity index (χ4n) is 3.44. The van der Waals surface area contributed by atoms with Crippen molar-refractivity contribution >= 4 is 17.5 Å². The van der Waals surface area contributed by atoms with Gasteiger partial charge >= 0.3 is 0 Å². The average Bonchev–Trinajstić information content (AvgIpc) is 2.57. The molecule has 2 saturated heterocycles. The lowest BCUT2D eigenvalue weighted by molar-refractivity contribution is -0.129. The van der Waals surface area contributed by atoms with Gasteiger partial charge in [-0.3, -0.25) is 4.79 Å². The van der Waals surface area contributed by atoms with Crippen LogP contribution in [0.25, 0.3) is 0 Å². The molecular formula is C17H27N5O. The zero-order chi connectivity index (χ0) is 16.4. The van der Waals surface area contributed by atoms with E-state index in [1.54, 1.807) is 11.2 Å². The number of anilines is 2. The van der Waals surface area contributed by atoms with E-state index in [1.807, 2.05) is 13.1 Å². The number of carbonyl (C=O) groups is 1. The number of aromatic nitrogens is 2. The highest BCUT2D eigenvalue weighted by molar-refractivity contribution is 5.82. The van der Waals surface area contributed by atoms with Crippen molar-refractivity contribution in [2.45, 2.75) is 33.1 Å². The first-order valence-corrected chi connectivity index (χ1v) is 8.57. The van der Waals surface area contributed by atoms with Gasteiger partial charge in [-0.1, -0.05) is 13.8 Å². The van der Waals surface area contributed by atoms with Crippen LogP contribution in [0.15, 0.2) is 12.4 Å². The van der Waals surface area contributed by atoms with E-state index in [-0.39, 0.29) is 5.91 Å². The molecular weight excluding hydrogens is 290 g/mol. The smallest absolute Gasteiger partial charge is 0.241 e. The summed E-state index contributed by atoms with van der Waals surface area (Å²) >= 11 is 0. The van der Waals surface area contributed by atoms with Crippen LogP contribution in [-0.2, 0) is 4.79 Å². The van der Waals surface area contributed by atoms with Crippen molar-refractivity contribution in [3.63, 3.8) is 0 Å². The third-order valence-electron chi connectivity index (χ3n) is 5.38. The lowest BCUT2D eigenvalue weighted by Gasteiger charge is -2.41. The summed E-state index contributed by atoms with van der Waals surface area (Å²) in [7, 11) is 1.85. The van der Waals surface area contributed by atoms with Crippen molar-refractivity contribution in [3.05, 3.63) is 12.4 Å². The van der Waals surface area contributed by atoms with Crippen LogP contribution >= 0.6 is 0 Å². The summed E-state index contributed by atoms with van der Waals surface area (Å²) in [4.78, 5) is 27.0. The van der Waals surface area contributed by atoms with E-state index in [4.69, 9.17) is 0 Å². The molecule has 1 amide bonds. The summed E-state index contributed by atoms with van der Waals surface area (Å²) in [6, 6.07) is 2.04. The first-order chi connectivity index (χ1) is 11.0. The van der Waals surface area contributed by atoms with Gasteiger partial charge in [0.2, 0.25) is 5.91 Å². The predicted octanol–water partition coefficient (Wildman–Crippen LogP) is 1.77. The molecule has 1 atom stereocenters. The molecule has 1 unspecified atom stereocenters. The van der Waals surface area contributed by atoms with Gasteiger partial charge in [0.05, 0.1) is 6.54 Å². The summed E-state index contributed by atoms with van der Waals surface area (Å²) in [6.45, 7) is 8.70. The fourth-order valence-corrected chi connectivity index (χ4v) is 3.44. The van der Waals surface area contributed by atoms with Gasteiger partial charge in [-0.25, -0.2) is 9.97 Å². The number of carbonyl (C=O) groups excluding carboxylic acids is 1. The molecule has 0 saturated carbocycles. The van der Waals surface area contributed by atoms with Crippen molar-refractivity contribution in [3.8, 4) is 0 Å². The minimum Gasteiger partial charge on any atom is -0.356 e. The van der Waals surface area contributed by atoms with E-state index < -0.39 is 0 Å². The summed E-state index contributed by atoms with van der Waals surface area (Å²) < 4.78 is 0. The van der Waals surface area contributed by atoms with Crippen molar-refractivity contribution in [1.29, 1.82) is 0 Å². The van der Waals surface area contributed by atoms with Gasteiger partial charge in [-0.15, -0.1) is 0 Å². The van der Waals surface area contributed by atoms with Crippen LogP contribution in [0.5, 0.6) is 0 Å². The van der Waals surface area contributed by atoms with E-state index in [2.05, 4.69) is 33.6 Å². The Morgan fingerprint density at radius 3 is 2.61 bits per heavy atom. The highest BCUT2D eigenvalue weighted by Crippen LogP contribution is 2.34. The van der Waals surface area contributed by atoms with Gasteiger partial charge in [-0.05, 0) is 24.7 Å². The lowest BCUT2D eigenvalue weighted by atomic mass is 9.80. The highest BCUT2D eigenvalue weighted by atomic mass is 16.2. The molecule has 0 N–H and O–H groups in total. The van der Waals surface area contributed by atoms with Crippen LogP contribution < -0.4 is 9.80 Å². The summed E-state index contributed by atoms with van der Waals surface area (Å²) in [6.07, 6.45) is 5.31. The maximum atomic E-state index is 11.9. The predicted molar refractivity (Wildman–Crippen MR) is 91.7 cm³/mol. The molecule has 3 rings (SSSR count). The molecule has 6 heteroatoms. The molecule has 0 bridgehead atoms. The van der Waals surface area contributed by atoms with E-state index in [0.29, 0.717) is 12.0 Å². The Kier molecular flexibility index (Phi) is 4.41. The Labute approximate surface area is 138 Å². The maximum Gasteiger partial charge on any atom is 0.241 e. The SMILES string of the molecule is CCC1(C)CCCN(c2cc(N3CCN(C)C(=O)C3)ncn2)C1. The van der Waals surface area contributed by atoms with Gasteiger partial charge in [0, 0.05) is 39.3 Å². The zero-order valence-corrected chi connectivity index (χ0v) is 14.5. The molecule has 1 aromatic heterocycles. The summed E-state index contributed by atoms with van der Waals surface area (Å²) in [5, 5.41) is 0. The lowest BCUT2D eigenvalue weighted by Crippen LogP contribution is -2.49.